The first-order valence-corrected chi connectivity index (χ1v) is 7.10. The number of hydrogen-bond donors (Lipinski definition) is 1. The molecular formula is C10H11F5O5S. The first-order valence-electron chi connectivity index (χ1n) is 5.66. The van der Waals surface area contributed by atoms with Crippen LogP contribution in [-0.4, -0.2) is 36.5 Å². The van der Waals surface area contributed by atoms with Gasteiger partial charge in [0.15, 0.2) is 0 Å². The van der Waals surface area contributed by atoms with Crippen molar-refractivity contribution in [1.82, 2.24) is 0 Å². The standard InChI is InChI=1S/C10H11F5O5S/c11-9(12,13)8(10(14,15)21(17,18)19)20-7(16)6-4-2-1-3-5-6/h2,4,6,8H,1,3,5H2,(H,17,18,19). The van der Waals surface area contributed by atoms with E-state index in [9.17, 15) is 35.2 Å². The fourth-order valence-electron chi connectivity index (χ4n) is 1.67. The van der Waals surface area contributed by atoms with Crippen LogP contribution in [-0.2, 0) is 19.6 Å². The van der Waals surface area contributed by atoms with Crippen LogP contribution >= 0.6 is 0 Å². The predicted octanol–water partition coefficient (Wildman–Crippen LogP) is 2.30. The molecule has 1 aliphatic carbocycles. The minimum Gasteiger partial charge on any atom is -0.444 e. The lowest BCUT2D eigenvalue weighted by Crippen LogP contribution is -2.52. The average molecular weight is 338 g/mol. The molecule has 2 unspecified atom stereocenters. The van der Waals surface area contributed by atoms with E-state index in [4.69, 9.17) is 4.55 Å². The molecule has 1 aliphatic rings. The maximum Gasteiger partial charge on any atom is 0.432 e. The lowest BCUT2D eigenvalue weighted by atomic mass is 9.96. The third kappa shape index (κ3) is 4.13. The largest absolute Gasteiger partial charge is 0.444 e. The van der Waals surface area contributed by atoms with Crippen molar-refractivity contribution in [3.05, 3.63) is 12.2 Å². The van der Waals surface area contributed by atoms with E-state index in [2.05, 4.69) is 4.74 Å². The zero-order valence-corrected chi connectivity index (χ0v) is 11.1. The average Bonchev–Trinajstić information content (AvgIpc) is 2.33. The number of esters is 1. The molecule has 0 saturated heterocycles. The van der Waals surface area contributed by atoms with Crippen LogP contribution in [0.2, 0.25) is 0 Å². The van der Waals surface area contributed by atoms with E-state index in [1.54, 1.807) is 0 Å². The van der Waals surface area contributed by atoms with Crippen molar-refractivity contribution in [2.45, 2.75) is 36.8 Å². The van der Waals surface area contributed by atoms with Gasteiger partial charge in [0.2, 0.25) is 0 Å². The van der Waals surface area contributed by atoms with Gasteiger partial charge in [-0.2, -0.15) is 30.4 Å². The van der Waals surface area contributed by atoms with Gasteiger partial charge in [-0.05, 0) is 19.3 Å². The third-order valence-electron chi connectivity index (χ3n) is 2.74. The maximum absolute atomic E-state index is 13.2. The van der Waals surface area contributed by atoms with Crippen LogP contribution in [0.4, 0.5) is 22.0 Å². The van der Waals surface area contributed by atoms with Gasteiger partial charge in [-0.3, -0.25) is 9.35 Å². The fourth-order valence-corrected chi connectivity index (χ4v) is 2.13. The summed E-state index contributed by atoms with van der Waals surface area (Å²) >= 11 is 0. The highest BCUT2D eigenvalue weighted by Crippen LogP contribution is 2.38. The van der Waals surface area contributed by atoms with Gasteiger partial charge < -0.3 is 4.74 Å². The van der Waals surface area contributed by atoms with Gasteiger partial charge in [0, 0.05) is 0 Å². The fraction of sp³-hybridized carbons (Fsp3) is 0.700. The molecule has 1 N–H and O–H groups in total. The topological polar surface area (TPSA) is 80.7 Å². The number of alkyl halides is 5. The van der Waals surface area contributed by atoms with Crippen molar-refractivity contribution >= 4 is 16.1 Å². The zero-order chi connectivity index (χ0) is 16.5. The monoisotopic (exact) mass is 338 g/mol. The summed E-state index contributed by atoms with van der Waals surface area (Å²) in [5, 5.41) is -5.70. The van der Waals surface area contributed by atoms with E-state index in [0.717, 1.165) is 0 Å². The van der Waals surface area contributed by atoms with Crippen LogP contribution < -0.4 is 0 Å². The summed E-state index contributed by atoms with van der Waals surface area (Å²) < 4.78 is 96.6. The summed E-state index contributed by atoms with van der Waals surface area (Å²) in [7, 11) is -6.41. The van der Waals surface area contributed by atoms with Gasteiger partial charge in [-0.15, -0.1) is 0 Å². The van der Waals surface area contributed by atoms with Crippen molar-refractivity contribution < 1.29 is 44.5 Å². The second kappa shape index (κ2) is 5.87. The Labute approximate surface area is 116 Å². The smallest absolute Gasteiger partial charge is 0.432 e. The predicted molar refractivity (Wildman–Crippen MR) is 58.9 cm³/mol. The summed E-state index contributed by atoms with van der Waals surface area (Å²) in [4.78, 5) is 11.4. The molecule has 0 bridgehead atoms. The number of carbonyl (C=O) groups is 1. The molecule has 0 amide bonds. The van der Waals surface area contributed by atoms with E-state index in [-0.39, 0.29) is 6.42 Å². The van der Waals surface area contributed by atoms with E-state index < -0.39 is 39.5 Å². The normalized spacial score (nSPS) is 21.9. The lowest BCUT2D eigenvalue weighted by Gasteiger charge is -2.27. The highest BCUT2D eigenvalue weighted by atomic mass is 32.2. The molecule has 0 spiro atoms. The zero-order valence-electron chi connectivity index (χ0n) is 10.3. The summed E-state index contributed by atoms with van der Waals surface area (Å²) in [6.45, 7) is 0. The molecule has 0 aromatic rings. The van der Waals surface area contributed by atoms with Crippen LogP contribution in [0.3, 0.4) is 0 Å². The number of halogens is 5. The number of rotatable bonds is 4. The lowest BCUT2D eigenvalue weighted by molar-refractivity contribution is -0.260. The van der Waals surface area contributed by atoms with Crippen LogP contribution in [0.1, 0.15) is 19.3 Å². The minimum absolute atomic E-state index is 0.0946. The third-order valence-corrected chi connectivity index (χ3v) is 3.64. The number of allylic oxidation sites excluding steroid dienone is 1. The van der Waals surface area contributed by atoms with Gasteiger partial charge in [0.25, 0.3) is 6.10 Å². The SMILES string of the molecule is O=C(OC(C(F)(F)F)C(F)(F)S(=O)(=O)O)C1C=CCCC1. The van der Waals surface area contributed by atoms with E-state index in [1.807, 2.05) is 0 Å². The first kappa shape index (κ1) is 17.8. The van der Waals surface area contributed by atoms with Crippen LogP contribution in [0.5, 0.6) is 0 Å². The quantitative estimate of drug-likeness (QED) is 0.368. The van der Waals surface area contributed by atoms with Crippen molar-refractivity contribution in [1.29, 1.82) is 0 Å². The molecule has 21 heavy (non-hydrogen) atoms. The Kier molecular flexibility index (Phi) is 4.98. The molecule has 0 saturated carbocycles. The van der Waals surface area contributed by atoms with Crippen molar-refractivity contribution in [3.8, 4) is 0 Å². The molecule has 0 aromatic carbocycles. The Morgan fingerprint density at radius 2 is 1.86 bits per heavy atom. The molecule has 0 aromatic heterocycles. The Morgan fingerprint density at radius 1 is 1.29 bits per heavy atom. The Balaban J connectivity index is 3.03. The highest BCUT2D eigenvalue weighted by molar-refractivity contribution is 7.86. The second-order valence-corrected chi connectivity index (χ2v) is 5.86. The van der Waals surface area contributed by atoms with Gasteiger partial charge in [-0.1, -0.05) is 12.2 Å². The Bertz CT molecular complexity index is 524. The van der Waals surface area contributed by atoms with E-state index in [0.29, 0.717) is 12.8 Å². The molecule has 0 radical (unpaired) electrons. The second-order valence-electron chi connectivity index (χ2n) is 4.36. The van der Waals surface area contributed by atoms with Crippen LogP contribution in [0.15, 0.2) is 12.2 Å². The molecule has 1 rings (SSSR count). The van der Waals surface area contributed by atoms with E-state index in [1.165, 1.54) is 12.2 Å². The minimum atomic E-state index is -6.41. The molecule has 5 nitrogen and oxygen atoms in total. The van der Waals surface area contributed by atoms with Crippen molar-refractivity contribution in [2.75, 3.05) is 0 Å². The van der Waals surface area contributed by atoms with Crippen molar-refractivity contribution in [3.63, 3.8) is 0 Å². The van der Waals surface area contributed by atoms with Crippen molar-refractivity contribution in [2.24, 2.45) is 5.92 Å². The molecule has 122 valence electrons. The van der Waals surface area contributed by atoms with Gasteiger partial charge >= 0.3 is 27.5 Å². The number of hydrogen-bond acceptors (Lipinski definition) is 4. The Morgan fingerprint density at radius 3 is 2.24 bits per heavy atom. The molecule has 0 fully saturated rings. The molecular weight excluding hydrogens is 327 g/mol. The van der Waals surface area contributed by atoms with Crippen LogP contribution in [0.25, 0.3) is 0 Å². The summed E-state index contributed by atoms with van der Waals surface area (Å²) in [6.07, 6.45) is -6.35. The maximum atomic E-state index is 13.2. The van der Waals surface area contributed by atoms with Gasteiger partial charge in [0.05, 0.1) is 5.92 Å². The highest BCUT2D eigenvalue weighted by Gasteiger charge is 2.66. The number of ether oxygens (including phenoxy) is 1. The van der Waals surface area contributed by atoms with Gasteiger partial charge in [-0.25, -0.2) is 0 Å². The van der Waals surface area contributed by atoms with E-state index >= 15 is 0 Å². The Hall–Kier alpha value is -1.23. The molecule has 2 atom stereocenters. The summed E-state index contributed by atoms with van der Waals surface area (Å²) in [5.74, 6) is -2.79. The van der Waals surface area contributed by atoms with Gasteiger partial charge in [0.1, 0.15) is 0 Å². The summed E-state index contributed by atoms with van der Waals surface area (Å²) in [6, 6.07) is 0. The molecule has 11 heteroatoms. The first-order chi connectivity index (χ1) is 9.37. The summed E-state index contributed by atoms with van der Waals surface area (Å²) in [5.41, 5.74) is 0. The van der Waals surface area contributed by atoms with Crippen LogP contribution in [0, 0.1) is 5.92 Å². The molecule has 0 heterocycles. The molecule has 0 aliphatic heterocycles. The number of carbonyl (C=O) groups excluding carboxylic acids is 1.